The zero-order valence-corrected chi connectivity index (χ0v) is 14.1. The van der Waals surface area contributed by atoms with Crippen molar-refractivity contribution in [3.05, 3.63) is 65.9 Å². The fourth-order valence-electron chi connectivity index (χ4n) is 2.22. The fraction of sp³-hybridized carbons (Fsp3) is 0.118. The van der Waals surface area contributed by atoms with Crippen molar-refractivity contribution in [1.29, 1.82) is 0 Å². The van der Waals surface area contributed by atoms with E-state index in [2.05, 4.69) is 15.3 Å². The predicted octanol–water partition coefficient (Wildman–Crippen LogP) is 1.55. The Hall–Kier alpha value is -3.76. The Morgan fingerprint density at radius 1 is 1.14 bits per heavy atom. The highest BCUT2D eigenvalue weighted by Gasteiger charge is 2.16. The number of benzene rings is 1. The Bertz CT molecular complexity index is 991. The van der Waals surface area contributed by atoms with Crippen molar-refractivity contribution in [3.8, 4) is 11.3 Å². The van der Waals surface area contributed by atoms with Crippen LogP contribution < -0.4 is 10.9 Å². The maximum Gasteiger partial charge on any atom is 0.317 e. The standard InChI is InChI=1S/C17H13F3N6O2/c18-12-3-1-2-10(6-12)14-9-26(25-22-14)8-13-5-4-11(7-21-13)16(27)23-24-17(28)15(19)20/h1-7,9,15H,8H2,(H,23,27)(H,24,28). The summed E-state index contributed by atoms with van der Waals surface area (Å²) in [6.45, 7) is 0.242. The van der Waals surface area contributed by atoms with E-state index in [9.17, 15) is 22.8 Å². The maximum absolute atomic E-state index is 13.3. The largest absolute Gasteiger partial charge is 0.317 e. The number of hydrazine groups is 1. The molecule has 3 aromatic rings. The van der Waals surface area contributed by atoms with Gasteiger partial charge in [0.2, 0.25) is 0 Å². The smallest absolute Gasteiger partial charge is 0.267 e. The van der Waals surface area contributed by atoms with Gasteiger partial charge in [0.05, 0.1) is 24.0 Å². The van der Waals surface area contributed by atoms with E-state index < -0.39 is 18.2 Å². The summed E-state index contributed by atoms with van der Waals surface area (Å²) in [5.74, 6) is -2.78. The van der Waals surface area contributed by atoms with Crippen molar-refractivity contribution in [2.24, 2.45) is 0 Å². The number of nitrogens with zero attached hydrogens (tertiary/aromatic N) is 4. The number of aromatic nitrogens is 4. The molecule has 28 heavy (non-hydrogen) atoms. The van der Waals surface area contributed by atoms with Gasteiger partial charge in [0, 0.05) is 11.8 Å². The van der Waals surface area contributed by atoms with Crippen LogP contribution in [0.2, 0.25) is 0 Å². The summed E-state index contributed by atoms with van der Waals surface area (Å²) in [6.07, 6.45) is -0.388. The lowest BCUT2D eigenvalue weighted by atomic mass is 10.2. The number of rotatable bonds is 5. The number of alkyl halides is 2. The molecule has 0 aliphatic carbocycles. The number of amides is 2. The quantitative estimate of drug-likeness (QED) is 0.644. The summed E-state index contributed by atoms with van der Waals surface area (Å²) in [7, 11) is 0. The second-order valence-electron chi connectivity index (χ2n) is 5.59. The molecule has 0 aliphatic heterocycles. The van der Waals surface area contributed by atoms with E-state index in [1.807, 2.05) is 5.43 Å². The number of hydrogen-bond donors (Lipinski definition) is 2. The SMILES string of the molecule is O=C(NNC(=O)C(F)F)c1ccc(Cn2cc(-c3cccc(F)c3)nn2)nc1. The third-order valence-corrected chi connectivity index (χ3v) is 3.57. The van der Waals surface area contributed by atoms with Gasteiger partial charge in [-0.1, -0.05) is 17.3 Å². The predicted molar refractivity (Wildman–Crippen MR) is 90.4 cm³/mol. The summed E-state index contributed by atoms with van der Waals surface area (Å²) >= 11 is 0. The molecule has 0 aliphatic rings. The summed E-state index contributed by atoms with van der Waals surface area (Å²) in [5.41, 5.74) is 5.13. The minimum atomic E-state index is -3.24. The van der Waals surface area contributed by atoms with Gasteiger partial charge in [-0.05, 0) is 24.3 Å². The van der Waals surface area contributed by atoms with Crippen LogP contribution in [0.15, 0.2) is 48.8 Å². The van der Waals surface area contributed by atoms with Gasteiger partial charge in [-0.3, -0.25) is 25.4 Å². The molecule has 0 spiro atoms. The number of halogens is 3. The second kappa shape index (κ2) is 8.29. The van der Waals surface area contributed by atoms with Crippen LogP contribution in [0, 0.1) is 5.82 Å². The van der Waals surface area contributed by atoms with Gasteiger partial charge in [0.25, 0.3) is 5.91 Å². The van der Waals surface area contributed by atoms with Gasteiger partial charge < -0.3 is 0 Å². The zero-order chi connectivity index (χ0) is 20.1. The van der Waals surface area contributed by atoms with E-state index in [1.54, 1.807) is 23.8 Å². The van der Waals surface area contributed by atoms with E-state index >= 15 is 0 Å². The van der Waals surface area contributed by atoms with E-state index in [0.717, 1.165) is 0 Å². The molecule has 0 atom stereocenters. The fourth-order valence-corrected chi connectivity index (χ4v) is 2.22. The molecule has 2 aromatic heterocycles. The van der Waals surface area contributed by atoms with Crippen molar-refractivity contribution < 1.29 is 22.8 Å². The number of carbonyl (C=O) groups is 2. The molecule has 0 saturated carbocycles. The Morgan fingerprint density at radius 3 is 2.64 bits per heavy atom. The first-order valence-electron chi connectivity index (χ1n) is 7.92. The molecular formula is C17H13F3N6O2. The van der Waals surface area contributed by atoms with Crippen molar-refractivity contribution in [2.45, 2.75) is 13.0 Å². The highest BCUT2D eigenvalue weighted by molar-refractivity contribution is 5.95. The molecule has 0 bridgehead atoms. The Labute approximate surface area is 156 Å². The van der Waals surface area contributed by atoms with Crippen LogP contribution in [0.1, 0.15) is 16.1 Å². The molecular weight excluding hydrogens is 377 g/mol. The highest BCUT2D eigenvalue weighted by Crippen LogP contribution is 2.17. The molecule has 144 valence electrons. The minimum Gasteiger partial charge on any atom is -0.267 e. The number of nitrogens with one attached hydrogen (secondary N) is 2. The van der Waals surface area contributed by atoms with Crippen molar-refractivity contribution in [1.82, 2.24) is 30.8 Å². The molecule has 0 saturated heterocycles. The van der Waals surface area contributed by atoms with E-state index in [0.29, 0.717) is 17.0 Å². The van der Waals surface area contributed by atoms with Crippen molar-refractivity contribution in [2.75, 3.05) is 0 Å². The third-order valence-electron chi connectivity index (χ3n) is 3.57. The Morgan fingerprint density at radius 2 is 1.96 bits per heavy atom. The molecule has 0 unspecified atom stereocenters. The number of pyridine rings is 1. The van der Waals surface area contributed by atoms with Gasteiger partial charge in [-0.25, -0.2) is 9.07 Å². The third kappa shape index (κ3) is 4.69. The monoisotopic (exact) mass is 390 g/mol. The second-order valence-corrected chi connectivity index (χ2v) is 5.59. The van der Waals surface area contributed by atoms with Crippen molar-refractivity contribution in [3.63, 3.8) is 0 Å². The molecule has 2 amide bonds. The van der Waals surface area contributed by atoms with Crippen LogP contribution in [0.4, 0.5) is 13.2 Å². The first-order chi connectivity index (χ1) is 13.4. The molecule has 0 radical (unpaired) electrons. The summed E-state index contributed by atoms with van der Waals surface area (Å²) in [5, 5.41) is 7.92. The van der Waals surface area contributed by atoms with Gasteiger partial charge in [0.15, 0.2) is 0 Å². The summed E-state index contributed by atoms with van der Waals surface area (Å²) in [6, 6.07) is 8.89. The Balaban J connectivity index is 1.62. The number of hydrogen-bond acceptors (Lipinski definition) is 5. The van der Waals surface area contributed by atoms with Gasteiger partial charge in [-0.2, -0.15) is 8.78 Å². The van der Waals surface area contributed by atoms with Gasteiger partial charge >= 0.3 is 12.3 Å². The normalized spacial score (nSPS) is 10.7. The van der Waals surface area contributed by atoms with Crippen LogP contribution in [0.3, 0.4) is 0 Å². The molecule has 2 N–H and O–H groups in total. The first-order valence-corrected chi connectivity index (χ1v) is 7.92. The van der Waals surface area contributed by atoms with E-state index in [-0.39, 0.29) is 17.9 Å². The average Bonchev–Trinajstić information content (AvgIpc) is 3.15. The van der Waals surface area contributed by atoms with Crippen LogP contribution in [0.5, 0.6) is 0 Å². The zero-order valence-electron chi connectivity index (χ0n) is 14.1. The minimum absolute atomic E-state index is 0.0670. The molecule has 11 heteroatoms. The molecule has 1 aromatic carbocycles. The van der Waals surface area contributed by atoms with Crippen molar-refractivity contribution >= 4 is 11.8 Å². The summed E-state index contributed by atoms with van der Waals surface area (Å²) < 4.78 is 38.9. The lowest BCUT2D eigenvalue weighted by molar-refractivity contribution is -0.132. The average molecular weight is 390 g/mol. The van der Waals surface area contributed by atoms with Crippen LogP contribution in [-0.2, 0) is 11.3 Å². The lowest BCUT2D eigenvalue weighted by Gasteiger charge is -2.07. The first kappa shape index (κ1) is 19.0. The number of carbonyl (C=O) groups excluding carboxylic acids is 2. The van der Waals surface area contributed by atoms with Gasteiger partial charge in [-0.15, -0.1) is 5.10 Å². The topological polar surface area (TPSA) is 102 Å². The molecule has 2 heterocycles. The summed E-state index contributed by atoms with van der Waals surface area (Å²) in [4.78, 5) is 26.6. The molecule has 0 fully saturated rings. The highest BCUT2D eigenvalue weighted by atomic mass is 19.3. The van der Waals surface area contributed by atoms with E-state index in [1.165, 1.54) is 35.1 Å². The lowest BCUT2D eigenvalue weighted by Crippen LogP contribution is -2.44. The molecule has 3 rings (SSSR count). The van der Waals surface area contributed by atoms with Crippen LogP contribution in [-0.4, -0.2) is 38.2 Å². The van der Waals surface area contributed by atoms with Gasteiger partial charge in [0.1, 0.15) is 11.5 Å². The Kier molecular flexibility index (Phi) is 5.63. The molecule has 8 nitrogen and oxygen atoms in total. The maximum atomic E-state index is 13.3. The van der Waals surface area contributed by atoms with Crippen LogP contribution in [0.25, 0.3) is 11.3 Å². The van der Waals surface area contributed by atoms with Crippen LogP contribution >= 0.6 is 0 Å². The van der Waals surface area contributed by atoms with E-state index in [4.69, 9.17) is 0 Å².